The molecule has 2 N–H and O–H groups in total. The van der Waals surface area contributed by atoms with Crippen LogP contribution in [0.1, 0.15) is 18.2 Å². The minimum atomic E-state index is 0.306. The topological polar surface area (TPSA) is 40.9 Å². The fraction of sp³-hybridized carbons (Fsp3) is 0.167. The van der Waals surface area contributed by atoms with Crippen LogP contribution in [-0.2, 0) is 6.54 Å². The Morgan fingerprint density at radius 2 is 2.13 bits per heavy atom. The zero-order valence-corrected chi connectivity index (χ0v) is 14.7. The fourth-order valence-corrected chi connectivity index (χ4v) is 4.05. The number of nitrogens with zero attached hydrogens (tertiary/aromatic N) is 1. The van der Waals surface area contributed by atoms with E-state index in [0.717, 1.165) is 42.9 Å². The lowest BCUT2D eigenvalue weighted by molar-refractivity contribution is 0.471. The molecule has 0 amide bonds. The predicted octanol–water partition coefficient (Wildman–Crippen LogP) is 3.55. The molecular formula is C18H18N2OS2. The van der Waals surface area contributed by atoms with Crippen LogP contribution in [0.15, 0.2) is 30.3 Å². The third kappa shape index (κ3) is 2.90. The number of aromatic amines is 1. The van der Waals surface area contributed by atoms with E-state index in [1.807, 2.05) is 35.8 Å². The molecule has 3 nitrogen and oxygen atoms in total. The zero-order chi connectivity index (χ0) is 16.6. The summed E-state index contributed by atoms with van der Waals surface area (Å²) < 4.78 is 3.95. The maximum absolute atomic E-state index is 9.86. The second-order valence-corrected chi connectivity index (χ2v) is 7.02. The first kappa shape index (κ1) is 15.8. The van der Waals surface area contributed by atoms with Gasteiger partial charge in [0.05, 0.1) is 9.88 Å². The Bertz CT molecular complexity index is 1020. The number of nitrogens with one attached hydrogen (secondary N) is 1. The van der Waals surface area contributed by atoms with Gasteiger partial charge in [-0.15, -0.1) is 11.3 Å². The van der Waals surface area contributed by atoms with Gasteiger partial charge in [0.25, 0.3) is 0 Å². The van der Waals surface area contributed by atoms with E-state index < -0.39 is 0 Å². The van der Waals surface area contributed by atoms with Crippen molar-refractivity contribution in [2.45, 2.75) is 20.4 Å². The van der Waals surface area contributed by atoms with Crippen molar-refractivity contribution in [3.63, 3.8) is 0 Å². The molecule has 0 atom stereocenters. The van der Waals surface area contributed by atoms with Gasteiger partial charge in [0.15, 0.2) is 3.95 Å². The molecule has 1 aromatic carbocycles. The van der Waals surface area contributed by atoms with Crippen LogP contribution in [0.25, 0.3) is 23.9 Å². The third-order valence-electron chi connectivity index (χ3n) is 3.93. The molecule has 0 spiro atoms. The number of H-pyrrole nitrogens is 1. The van der Waals surface area contributed by atoms with Crippen LogP contribution in [0, 0.1) is 10.9 Å². The summed E-state index contributed by atoms with van der Waals surface area (Å²) >= 11 is 6.94. The quantitative estimate of drug-likeness (QED) is 0.715. The summed E-state index contributed by atoms with van der Waals surface area (Å²) in [5.74, 6) is 0.306. The molecule has 0 aliphatic heterocycles. The molecule has 0 unspecified atom stereocenters. The van der Waals surface area contributed by atoms with Crippen molar-refractivity contribution < 1.29 is 5.11 Å². The van der Waals surface area contributed by atoms with E-state index in [-0.39, 0.29) is 0 Å². The second kappa shape index (κ2) is 6.18. The molecule has 5 heteroatoms. The number of rotatable bonds is 3. The van der Waals surface area contributed by atoms with Crippen molar-refractivity contribution in [1.29, 1.82) is 0 Å². The first-order valence-electron chi connectivity index (χ1n) is 7.39. The molecule has 118 valence electrons. The molecule has 0 aliphatic rings. The number of aromatic nitrogens is 2. The maximum Gasteiger partial charge on any atom is 0.162 e. The Labute approximate surface area is 143 Å². The molecule has 0 aliphatic carbocycles. The highest BCUT2D eigenvalue weighted by molar-refractivity contribution is 7.73. The van der Waals surface area contributed by atoms with Gasteiger partial charge in [0.2, 0.25) is 0 Å². The van der Waals surface area contributed by atoms with Crippen molar-refractivity contribution in [1.82, 2.24) is 9.55 Å². The molecule has 0 bridgehead atoms. The van der Waals surface area contributed by atoms with Crippen LogP contribution in [0.2, 0.25) is 0 Å². The van der Waals surface area contributed by atoms with E-state index >= 15 is 0 Å². The Balaban J connectivity index is 2.07. The molecule has 3 aromatic rings. The summed E-state index contributed by atoms with van der Waals surface area (Å²) in [5, 5.41) is 10.8. The van der Waals surface area contributed by atoms with Gasteiger partial charge < -0.3 is 14.7 Å². The van der Waals surface area contributed by atoms with Crippen molar-refractivity contribution in [2.75, 3.05) is 0 Å². The van der Waals surface area contributed by atoms with Crippen LogP contribution in [-0.4, -0.2) is 14.7 Å². The number of thiazole rings is 1. The summed E-state index contributed by atoms with van der Waals surface area (Å²) in [6.07, 6.45) is 2.07. The van der Waals surface area contributed by atoms with Crippen molar-refractivity contribution in [3.05, 3.63) is 55.4 Å². The molecule has 0 radical (unpaired) electrons. The van der Waals surface area contributed by atoms with E-state index in [1.54, 1.807) is 17.4 Å². The van der Waals surface area contributed by atoms with Crippen LogP contribution in [0.4, 0.5) is 0 Å². The molecular weight excluding hydrogens is 324 g/mol. The van der Waals surface area contributed by atoms with Crippen molar-refractivity contribution in [2.24, 2.45) is 0 Å². The first-order valence-corrected chi connectivity index (χ1v) is 8.62. The van der Waals surface area contributed by atoms with Crippen LogP contribution >= 0.6 is 23.6 Å². The lowest BCUT2D eigenvalue weighted by atomic mass is 10.1. The number of aromatic hydroxyl groups is 1. The Morgan fingerprint density at radius 1 is 1.35 bits per heavy atom. The minimum absolute atomic E-state index is 0.306. The Morgan fingerprint density at radius 3 is 2.83 bits per heavy atom. The van der Waals surface area contributed by atoms with Crippen LogP contribution in [0.5, 0.6) is 5.75 Å². The monoisotopic (exact) mass is 342 g/mol. The fourth-order valence-electron chi connectivity index (χ4n) is 2.59. The smallest absolute Gasteiger partial charge is 0.162 e. The SMILES string of the molecule is C=c1/c(=C/c2ccc(-c3cccc(O)c3C)[nH]2)sc(=S)n1CC. The van der Waals surface area contributed by atoms with Crippen molar-refractivity contribution in [3.8, 4) is 17.0 Å². The Kier molecular flexibility index (Phi) is 4.24. The summed E-state index contributed by atoms with van der Waals surface area (Å²) in [5.41, 5.74) is 3.84. The summed E-state index contributed by atoms with van der Waals surface area (Å²) in [6, 6.07) is 9.59. The van der Waals surface area contributed by atoms with E-state index in [0.29, 0.717) is 5.75 Å². The van der Waals surface area contributed by atoms with E-state index in [2.05, 4.69) is 24.6 Å². The Hall–Kier alpha value is -2.11. The number of hydrogen-bond donors (Lipinski definition) is 2. The maximum atomic E-state index is 9.86. The van der Waals surface area contributed by atoms with Crippen LogP contribution in [0.3, 0.4) is 0 Å². The molecule has 0 saturated carbocycles. The molecule has 2 heterocycles. The molecule has 2 aromatic heterocycles. The molecule has 0 fully saturated rings. The van der Waals surface area contributed by atoms with Gasteiger partial charge in [-0.05, 0) is 50.3 Å². The predicted molar refractivity (Wildman–Crippen MR) is 99.8 cm³/mol. The highest BCUT2D eigenvalue weighted by atomic mass is 32.1. The van der Waals surface area contributed by atoms with Gasteiger partial charge in [0, 0.05) is 29.1 Å². The van der Waals surface area contributed by atoms with E-state index in [1.165, 1.54) is 0 Å². The third-order valence-corrected chi connectivity index (χ3v) is 5.37. The normalized spacial score (nSPS) is 12.0. The number of hydrogen-bond acceptors (Lipinski definition) is 3. The number of phenols is 1. The number of benzene rings is 1. The van der Waals surface area contributed by atoms with Gasteiger partial charge >= 0.3 is 0 Å². The minimum Gasteiger partial charge on any atom is -0.508 e. The van der Waals surface area contributed by atoms with Gasteiger partial charge in [-0.3, -0.25) is 0 Å². The second-order valence-electron chi connectivity index (χ2n) is 5.34. The molecule has 0 saturated heterocycles. The number of phenolic OH excluding ortho intramolecular Hbond substituents is 1. The van der Waals surface area contributed by atoms with Crippen LogP contribution < -0.4 is 9.88 Å². The lowest BCUT2D eigenvalue weighted by Gasteiger charge is -2.05. The lowest BCUT2D eigenvalue weighted by Crippen LogP contribution is -2.26. The van der Waals surface area contributed by atoms with Gasteiger partial charge in [-0.25, -0.2) is 0 Å². The zero-order valence-electron chi connectivity index (χ0n) is 13.1. The van der Waals surface area contributed by atoms with Crippen molar-refractivity contribution >= 4 is 36.2 Å². The van der Waals surface area contributed by atoms with Gasteiger partial charge in [0.1, 0.15) is 5.75 Å². The highest BCUT2D eigenvalue weighted by Gasteiger charge is 2.07. The average Bonchev–Trinajstić information content (AvgIpc) is 3.08. The first-order chi connectivity index (χ1) is 11.0. The standard InChI is InChI=1S/C18H18N2OS2/c1-4-20-12(3)17(23-18(20)22)10-13-8-9-15(19-13)14-6-5-7-16(21)11(14)2/h5-10,19,21H,3-4H2,1-2H3/b17-10-. The molecule has 3 rings (SSSR count). The highest BCUT2D eigenvalue weighted by Crippen LogP contribution is 2.28. The van der Waals surface area contributed by atoms with Gasteiger partial charge in [-0.2, -0.15) is 0 Å². The van der Waals surface area contributed by atoms with Gasteiger partial charge in [-0.1, -0.05) is 18.7 Å². The summed E-state index contributed by atoms with van der Waals surface area (Å²) in [4.78, 5) is 3.39. The largest absolute Gasteiger partial charge is 0.508 e. The summed E-state index contributed by atoms with van der Waals surface area (Å²) in [6.45, 7) is 8.94. The summed E-state index contributed by atoms with van der Waals surface area (Å²) in [7, 11) is 0. The molecule has 23 heavy (non-hydrogen) atoms. The van der Waals surface area contributed by atoms with E-state index in [9.17, 15) is 5.11 Å². The average molecular weight is 342 g/mol. The van der Waals surface area contributed by atoms with E-state index in [4.69, 9.17) is 12.2 Å².